The highest BCUT2D eigenvalue weighted by molar-refractivity contribution is 5.46. The van der Waals surface area contributed by atoms with Crippen molar-refractivity contribution in [3.63, 3.8) is 0 Å². The Hall–Kier alpha value is -4.10. The molecule has 0 amide bonds. The van der Waals surface area contributed by atoms with Crippen LogP contribution >= 0.6 is 0 Å². The third-order valence-corrected chi connectivity index (χ3v) is 10.9. The third kappa shape index (κ3) is 19.2. The minimum atomic E-state index is -4.38. The second-order valence-electron chi connectivity index (χ2n) is 17.6. The van der Waals surface area contributed by atoms with Crippen molar-refractivity contribution >= 4 is 0 Å². The molecule has 0 saturated carbocycles. The Kier molecular flexibility index (Phi) is 24.8. The monoisotopic (exact) mass is 907 g/mol. The standard InChI is InChI=1S/2C23H30F3NO.C5H12O.CH4O/c2*1-16(2)27(17(3)4)14-13-20(18-9-7-6-8-10-18)21-15-19(23(24,25)26)11-12-22(21)28-5;1-5(2,3)6-4;1-2/h2*6-12,15-17,20H,13-14H2,1-5H3;1-4H3;2H,1H3. The molecular formula is C52H76F6N2O4. The molecule has 2 unspecified atom stereocenters. The van der Waals surface area contributed by atoms with E-state index in [-0.39, 0.29) is 17.4 Å². The molecule has 4 rings (SSSR count). The molecule has 360 valence electrons. The molecule has 0 fully saturated rings. The summed E-state index contributed by atoms with van der Waals surface area (Å²) in [6, 6.07) is 28.4. The first kappa shape index (κ1) is 57.9. The lowest BCUT2D eigenvalue weighted by Crippen LogP contribution is -2.38. The molecule has 0 heterocycles. The van der Waals surface area contributed by atoms with E-state index in [0.29, 0.717) is 59.6 Å². The van der Waals surface area contributed by atoms with Gasteiger partial charge in [0, 0.05) is 61.3 Å². The predicted octanol–water partition coefficient (Wildman–Crippen LogP) is 13.7. The lowest BCUT2D eigenvalue weighted by atomic mass is 9.86. The molecule has 4 aromatic rings. The number of aliphatic hydroxyl groups excluding tert-OH is 1. The molecule has 6 nitrogen and oxygen atoms in total. The molecular weight excluding hydrogens is 831 g/mol. The van der Waals surface area contributed by atoms with Crippen LogP contribution in [0.1, 0.15) is 134 Å². The molecule has 0 saturated heterocycles. The van der Waals surface area contributed by atoms with Crippen LogP contribution in [0.5, 0.6) is 11.5 Å². The normalized spacial score (nSPS) is 12.9. The fraction of sp³-hybridized carbons (Fsp3) is 0.538. The molecule has 0 spiro atoms. The summed E-state index contributed by atoms with van der Waals surface area (Å²) in [7, 11) is 5.71. The summed E-state index contributed by atoms with van der Waals surface area (Å²) < 4.78 is 95.9. The number of nitrogens with zero attached hydrogens (tertiary/aromatic N) is 2. The molecule has 64 heavy (non-hydrogen) atoms. The third-order valence-electron chi connectivity index (χ3n) is 10.9. The summed E-state index contributed by atoms with van der Waals surface area (Å²) in [6.07, 6.45) is -7.36. The first-order chi connectivity index (χ1) is 29.9. The van der Waals surface area contributed by atoms with E-state index in [1.54, 1.807) is 7.11 Å². The molecule has 0 aliphatic rings. The van der Waals surface area contributed by atoms with Crippen molar-refractivity contribution in [3.05, 3.63) is 130 Å². The van der Waals surface area contributed by atoms with Crippen molar-refractivity contribution < 1.29 is 45.7 Å². The highest BCUT2D eigenvalue weighted by Crippen LogP contribution is 2.41. The van der Waals surface area contributed by atoms with Gasteiger partial charge in [-0.05, 0) is 150 Å². The van der Waals surface area contributed by atoms with Crippen LogP contribution in [0.25, 0.3) is 0 Å². The highest BCUT2D eigenvalue weighted by Gasteiger charge is 2.34. The Labute approximate surface area is 380 Å². The van der Waals surface area contributed by atoms with Crippen LogP contribution in [0.15, 0.2) is 97.1 Å². The van der Waals surface area contributed by atoms with Crippen LogP contribution < -0.4 is 9.47 Å². The topological polar surface area (TPSA) is 54.4 Å². The fourth-order valence-electron chi connectivity index (χ4n) is 7.52. The van der Waals surface area contributed by atoms with Gasteiger partial charge in [-0.1, -0.05) is 60.7 Å². The van der Waals surface area contributed by atoms with Gasteiger partial charge in [0.05, 0.1) is 30.9 Å². The van der Waals surface area contributed by atoms with Gasteiger partial charge >= 0.3 is 12.4 Å². The van der Waals surface area contributed by atoms with E-state index in [2.05, 4.69) is 65.2 Å². The average Bonchev–Trinajstić information content (AvgIpc) is 3.24. The maximum atomic E-state index is 13.3. The molecule has 0 aromatic heterocycles. The van der Waals surface area contributed by atoms with Crippen LogP contribution in [0.3, 0.4) is 0 Å². The SMILES string of the molecule is CO.COC(C)(C)C.COc1ccc(C(F)(F)F)cc1C(CCN(C(C)C)C(C)C)c1ccccc1.COc1ccc(C(F)(F)F)cc1C(CCN(C(C)C)C(C)C)c1ccccc1. The van der Waals surface area contributed by atoms with Crippen molar-refractivity contribution in [1.82, 2.24) is 9.80 Å². The zero-order valence-electron chi connectivity index (χ0n) is 40.9. The zero-order chi connectivity index (χ0) is 49.0. The Morgan fingerprint density at radius 2 is 0.766 bits per heavy atom. The summed E-state index contributed by atoms with van der Waals surface area (Å²) in [6.45, 7) is 24.8. The van der Waals surface area contributed by atoms with Crippen molar-refractivity contribution in [2.24, 2.45) is 0 Å². The van der Waals surface area contributed by atoms with Crippen molar-refractivity contribution in [2.45, 2.75) is 143 Å². The summed E-state index contributed by atoms with van der Waals surface area (Å²) in [4.78, 5) is 4.71. The second kappa shape index (κ2) is 27.4. The first-order valence-electron chi connectivity index (χ1n) is 22.0. The van der Waals surface area contributed by atoms with E-state index in [1.807, 2.05) is 81.4 Å². The van der Waals surface area contributed by atoms with E-state index < -0.39 is 23.5 Å². The van der Waals surface area contributed by atoms with Crippen LogP contribution in [-0.2, 0) is 17.1 Å². The van der Waals surface area contributed by atoms with Gasteiger partial charge in [0.15, 0.2) is 0 Å². The number of benzene rings is 4. The van der Waals surface area contributed by atoms with E-state index in [9.17, 15) is 26.3 Å². The van der Waals surface area contributed by atoms with Gasteiger partial charge in [-0.25, -0.2) is 0 Å². The van der Waals surface area contributed by atoms with Crippen LogP contribution in [-0.4, -0.2) is 86.2 Å². The minimum Gasteiger partial charge on any atom is -0.496 e. The molecule has 0 aliphatic heterocycles. The Balaban J connectivity index is 0.000000548. The van der Waals surface area contributed by atoms with Crippen LogP contribution in [0.4, 0.5) is 26.3 Å². The predicted molar refractivity (Wildman–Crippen MR) is 251 cm³/mol. The minimum absolute atomic E-state index is 0.0417. The van der Waals surface area contributed by atoms with Gasteiger partial charge < -0.3 is 19.3 Å². The largest absolute Gasteiger partial charge is 0.496 e. The quantitative estimate of drug-likeness (QED) is 0.113. The fourth-order valence-corrected chi connectivity index (χ4v) is 7.52. The second-order valence-corrected chi connectivity index (χ2v) is 17.6. The lowest BCUT2D eigenvalue weighted by molar-refractivity contribution is -0.138. The van der Waals surface area contributed by atoms with E-state index in [1.165, 1.54) is 38.5 Å². The highest BCUT2D eigenvalue weighted by atomic mass is 19.4. The number of hydrogen-bond acceptors (Lipinski definition) is 6. The van der Waals surface area contributed by atoms with Crippen molar-refractivity contribution in [2.75, 3.05) is 41.5 Å². The smallest absolute Gasteiger partial charge is 0.416 e. The number of hydrogen-bond donors (Lipinski definition) is 1. The van der Waals surface area contributed by atoms with E-state index in [4.69, 9.17) is 19.3 Å². The number of halogens is 6. The number of rotatable bonds is 16. The van der Waals surface area contributed by atoms with Gasteiger partial charge in [0.2, 0.25) is 0 Å². The van der Waals surface area contributed by atoms with Gasteiger partial charge in [-0.15, -0.1) is 0 Å². The van der Waals surface area contributed by atoms with Gasteiger partial charge in [0.25, 0.3) is 0 Å². The van der Waals surface area contributed by atoms with Crippen LogP contribution in [0.2, 0.25) is 0 Å². The Morgan fingerprint density at radius 3 is 0.984 bits per heavy atom. The Bertz CT molecular complexity index is 1720. The molecule has 12 heteroatoms. The Morgan fingerprint density at radius 1 is 0.484 bits per heavy atom. The van der Waals surface area contributed by atoms with E-state index >= 15 is 0 Å². The molecule has 0 bridgehead atoms. The van der Waals surface area contributed by atoms with E-state index in [0.717, 1.165) is 43.5 Å². The zero-order valence-corrected chi connectivity index (χ0v) is 40.9. The molecule has 4 aromatic carbocycles. The van der Waals surface area contributed by atoms with Gasteiger partial charge in [0.1, 0.15) is 11.5 Å². The van der Waals surface area contributed by atoms with Crippen LogP contribution in [0, 0.1) is 0 Å². The molecule has 2 atom stereocenters. The van der Waals surface area contributed by atoms with Crippen molar-refractivity contribution in [3.8, 4) is 11.5 Å². The lowest BCUT2D eigenvalue weighted by Gasteiger charge is -2.32. The maximum absolute atomic E-state index is 13.3. The van der Waals surface area contributed by atoms with Gasteiger partial charge in [-0.2, -0.15) is 26.3 Å². The number of ether oxygens (including phenoxy) is 3. The number of methoxy groups -OCH3 is 3. The summed E-state index contributed by atoms with van der Waals surface area (Å²) in [5, 5.41) is 7.00. The number of aliphatic hydroxyl groups is 1. The average molecular weight is 907 g/mol. The summed E-state index contributed by atoms with van der Waals surface area (Å²) in [5.74, 6) is 0.613. The molecule has 0 radical (unpaired) electrons. The number of alkyl halides is 6. The molecule has 1 N–H and O–H groups in total. The first-order valence-corrected chi connectivity index (χ1v) is 22.0. The van der Waals surface area contributed by atoms with Gasteiger partial charge in [-0.3, -0.25) is 9.80 Å². The molecule has 0 aliphatic carbocycles. The summed E-state index contributed by atoms with van der Waals surface area (Å²) in [5.41, 5.74) is 1.90. The van der Waals surface area contributed by atoms with Crippen molar-refractivity contribution in [1.29, 1.82) is 0 Å². The maximum Gasteiger partial charge on any atom is 0.416 e. The summed E-state index contributed by atoms with van der Waals surface area (Å²) >= 11 is 0.